The van der Waals surface area contributed by atoms with Gasteiger partial charge in [0, 0.05) is 6.04 Å². The highest BCUT2D eigenvalue weighted by Gasteiger charge is 2.33. The van der Waals surface area contributed by atoms with Gasteiger partial charge in [-0.25, -0.2) is 4.79 Å². The Kier molecular flexibility index (Phi) is 6.92. The van der Waals surface area contributed by atoms with Crippen LogP contribution in [-0.2, 0) is 16.8 Å². The quantitative estimate of drug-likeness (QED) is 0.445. The fraction of sp³-hybridized carbons (Fsp3) is 0.500. The van der Waals surface area contributed by atoms with Gasteiger partial charge in [-0.3, -0.25) is 23.5 Å². The summed E-state index contributed by atoms with van der Waals surface area (Å²) in [6, 6.07) is 5.00. The highest BCUT2D eigenvalue weighted by molar-refractivity contribution is 6.12. The molecule has 1 aromatic heterocycles. The molecular formula is C24H31N3O6. The largest absolute Gasteiger partial charge is 0.494 e. The van der Waals surface area contributed by atoms with Crippen molar-refractivity contribution in [2.45, 2.75) is 76.9 Å². The van der Waals surface area contributed by atoms with Crippen molar-refractivity contribution in [3.8, 4) is 5.88 Å². The Morgan fingerprint density at radius 2 is 1.67 bits per heavy atom. The van der Waals surface area contributed by atoms with Gasteiger partial charge in [-0.1, -0.05) is 64.3 Å². The Bertz CT molecular complexity index is 1160. The molecule has 1 aromatic carbocycles. The number of hydrogen-bond acceptors (Lipinski definition) is 6. The molecule has 1 heterocycles. The average molecular weight is 458 g/mol. The maximum absolute atomic E-state index is 13.3. The van der Waals surface area contributed by atoms with E-state index in [1.54, 1.807) is 12.1 Å². The van der Waals surface area contributed by atoms with Crippen molar-refractivity contribution < 1.29 is 19.8 Å². The van der Waals surface area contributed by atoms with Gasteiger partial charge >= 0.3 is 11.7 Å². The van der Waals surface area contributed by atoms with E-state index in [9.17, 15) is 24.3 Å². The van der Waals surface area contributed by atoms with Crippen molar-refractivity contribution in [3.05, 3.63) is 61.8 Å². The van der Waals surface area contributed by atoms with Gasteiger partial charge in [0.2, 0.25) is 11.7 Å². The molecule has 178 valence electrons. The van der Waals surface area contributed by atoms with Gasteiger partial charge in [-0.2, -0.15) is 0 Å². The fourth-order valence-corrected chi connectivity index (χ4v) is 4.24. The molecule has 0 radical (unpaired) electrons. The minimum absolute atomic E-state index is 0.0752. The van der Waals surface area contributed by atoms with E-state index in [-0.39, 0.29) is 12.0 Å². The molecule has 1 atom stereocenters. The topological polar surface area (TPSA) is 145 Å². The summed E-state index contributed by atoms with van der Waals surface area (Å²) < 4.78 is 1.94. The molecule has 0 bridgehead atoms. The molecule has 0 aliphatic heterocycles. The van der Waals surface area contributed by atoms with Crippen molar-refractivity contribution in [1.82, 2.24) is 9.13 Å². The molecule has 9 nitrogen and oxygen atoms in total. The maximum Gasteiger partial charge on any atom is 0.334 e. The first kappa shape index (κ1) is 24.4. The molecule has 0 spiro atoms. The molecule has 4 N–H and O–H groups in total. The molecular weight excluding hydrogens is 426 g/mol. The molecule has 1 saturated carbocycles. The molecule has 1 unspecified atom stereocenters. The highest BCUT2D eigenvalue weighted by atomic mass is 16.4. The number of nitrogens with zero attached hydrogens (tertiary/aromatic N) is 2. The number of ketones is 1. The number of carboxylic acid groups (broad SMARTS) is 1. The van der Waals surface area contributed by atoms with Gasteiger partial charge in [0.15, 0.2) is 6.04 Å². The number of benzene rings is 1. The monoisotopic (exact) mass is 457 g/mol. The van der Waals surface area contributed by atoms with E-state index < -0.39 is 46.5 Å². The molecule has 3 rings (SSSR count). The summed E-state index contributed by atoms with van der Waals surface area (Å²) in [7, 11) is 0. The number of rotatable bonds is 6. The van der Waals surface area contributed by atoms with Crippen LogP contribution < -0.4 is 17.0 Å². The number of aliphatic carboxylic acids is 1. The average Bonchev–Trinajstić information content (AvgIpc) is 2.76. The van der Waals surface area contributed by atoms with E-state index >= 15 is 0 Å². The second-order valence-corrected chi connectivity index (χ2v) is 9.66. The smallest absolute Gasteiger partial charge is 0.334 e. The zero-order valence-electron chi connectivity index (χ0n) is 19.2. The molecule has 1 aliphatic carbocycles. The van der Waals surface area contributed by atoms with E-state index in [4.69, 9.17) is 10.8 Å². The highest BCUT2D eigenvalue weighted by Crippen LogP contribution is 2.30. The van der Waals surface area contributed by atoms with Crippen LogP contribution in [0.5, 0.6) is 5.88 Å². The number of carbonyl (C=O) groups excluding carboxylic acids is 1. The minimum Gasteiger partial charge on any atom is -0.494 e. The Labute approximate surface area is 191 Å². The lowest BCUT2D eigenvalue weighted by Crippen LogP contribution is -2.48. The first-order chi connectivity index (χ1) is 15.4. The van der Waals surface area contributed by atoms with Crippen LogP contribution in [0.2, 0.25) is 0 Å². The summed E-state index contributed by atoms with van der Waals surface area (Å²) in [5, 5.41) is 20.0. The summed E-state index contributed by atoms with van der Waals surface area (Å²) in [6.45, 7) is 6.08. The number of carbonyl (C=O) groups is 2. The number of aromatic nitrogens is 2. The first-order valence-electron chi connectivity index (χ1n) is 11.1. The minimum atomic E-state index is -2.03. The molecule has 0 saturated heterocycles. The van der Waals surface area contributed by atoms with Crippen LogP contribution in [0, 0.1) is 0 Å². The van der Waals surface area contributed by atoms with E-state index in [1.165, 1.54) is 0 Å². The Morgan fingerprint density at radius 3 is 2.18 bits per heavy atom. The van der Waals surface area contributed by atoms with Crippen LogP contribution in [0.25, 0.3) is 0 Å². The second-order valence-electron chi connectivity index (χ2n) is 9.66. The molecule has 2 aromatic rings. The van der Waals surface area contributed by atoms with Crippen LogP contribution >= 0.6 is 0 Å². The van der Waals surface area contributed by atoms with E-state index in [0.717, 1.165) is 34.0 Å². The molecule has 33 heavy (non-hydrogen) atoms. The Morgan fingerprint density at radius 1 is 1.09 bits per heavy atom. The van der Waals surface area contributed by atoms with Gasteiger partial charge in [0.25, 0.3) is 5.56 Å². The maximum atomic E-state index is 13.3. The summed E-state index contributed by atoms with van der Waals surface area (Å²) >= 11 is 0. The van der Waals surface area contributed by atoms with E-state index in [0.29, 0.717) is 18.4 Å². The van der Waals surface area contributed by atoms with Crippen molar-refractivity contribution in [2.75, 3.05) is 0 Å². The third-order valence-corrected chi connectivity index (χ3v) is 6.24. The standard InChI is InChI=1S/C24H31N3O6/c1-24(2,3)15-11-9-14(10-12-15)13-26-20(29)17(19(28)18(25)22(31)32)21(30)27(23(26)33)16-7-5-4-6-8-16/h9-12,16,18,30H,4-8,13,25H2,1-3H3,(H,31,32). The third kappa shape index (κ3) is 4.93. The summed E-state index contributed by atoms with van der Waals surface area (Å²) in [5.74, 6) is -3.66. The van der Waals surface area contributed by atoms with Crippen molar-refractivity contribution in [1.29, 1.82) is 0 Å². The summed E-state index contributed by atoms with van der Waals surface area (Å²) in [5.41, 5.74) is 4.57. The third-order valence-electron chi connectivity index (χ3n) is 6.24. The lowest BCUT2D eigenvalue weighted by molar-refractivity contribution is -0.137. The molecule has 1 fully saturated rings. The van der Waals surface area contributed by atoms with Gasteiger partial charge in [-0.05, 0) is 29.4 Å². The fourth-order valence-electron chi connectivity index (χ4n) is 4.24. The van der Waals surface area contributed by atoms with Crippen LogP contribution in [0.1, 0.15) is 80.4 Å². The number of aromatic hydroxyl groups is 1. The van der Waals surface area contributed by atoms with E-state index in [2.05, 4.69) is 20.8 Å². The van der Waals surface area contributed by atoms with Crippen molar-refractivity contribution in [2.24, 2.45) is 5.73 Å². The number of nitrogens with two attached hydrogens (primary N) is 1. The van der Waals surface area contributed by atoms with Crippen LogP contribution in [0.3, 0.4) is 0 Å². The molecule has 9 heteroatoms. The molecule has 1 aliphatic rings. The normalized spacial score (nSPS) is 15.9. The molecule has 0 amide bonds. The Hall–Kier alpha value is -3.20. The van der Waals surface area contributed by atoms with Crippen LogP contribution in [-0.4, -0.2) is 37.1 Å². The zero-order chi connectivity index (χ0) is 24.5. The lowest BCUT2D eigenvalue weighted by atomic mass is 9.87. The second kappa shape index (κ2) is 9.35. The predicted octanol–water partition coefficient (Wildman–Crippen LogP) is 2.16. The summed E-state index contributed by atoms with van der Waals surface area (Å²) in [6.07, 6.45) is 3.86. The van der Waals surface area contributed by atoms with Gasteiger partial charge in [-0.15, -0.1) is 0 Å². The van der Waals surface area contributed by atoms with Crippen molar-refractivity contribution in [3.63, 3.8) is 0 Å². The Balaban J connectivity index is 2.17. The van der Waals surface area contributed by atoms with Gasteiger partial charge < -0.3 is 15.9 Å². The zero-order valence-corrected chi connectivity index (χ0v) is 19.2. The van der Waals surface area contributed by atoms with Crippen molar-refractivity contribution >= 4 is 11.8 Å². The number of Topliss-reactive ketones (excluding diaryl/α,β-unsaturated/α-hetero) is 1. The SMILES string of the molecule is CC(C)(C)c1ccc(Cn2c(=O)c(C(=O)C(N)C(=O)O)c(O)n(C3CCCCC3)c2=O)cc1. The lowest BCUT2D eigenvalue weighted by Gasteiger charge is -2.26. The van der Waals surface area contributed by atoms with Gasteiger partial charge in [0.05, 0.1) is 6.54 Å². The first-order valence-corrected chi connectivity index (χ1v) is 11.1. The number of carboxylic acids is 1. The van der Waals surface area contributed by atoms with Crippen LogP contribution in [0.15, 0.2) is 33.9 Å². The van der Waals surface area contributed by atoms with Gasteiger partial charge in [0.1, 0.15) is 5.56 Å². The summed E-state index contributed by atoms with van der Waals surface area (Å²) in [4.78, 5) is 50.5. The number of hydrogen-bond donors (Lipinski definition) is 3. The predicted molar refractivity (Wildman–Crippen MR) is 123 cm³/mol. The van der Waals surface area contributed by atoms with E-state index in [1.807, 2.05) is 12.1 Å². The van der Waals surface area contributed by atoms with Crippen LogP contribution in [0.4, 0.5) is 0 Å².